The monoisotopic (exact) mass is 292 g/mol. The zero-order valence-electron chi connectivity index (χ0n) is 13.0. The SMILES string of the molecule is COc1ccc2c(c1)[C@@H](O)CC1(CCOC(C(C)C)C1)O2. The normalized spacial score (nSPS) is 31.9. The van der Waals surface area contributed by atoms with E-state index in [-0.39, 0.29) is 11.7 Å². The van der Waals surface area contributed by atoms with Crippen LogP contribution in [-0.2, 0) is 4.74 Å². The van der Waals surface area contributed by atoms with Crippen molar-refractivity contribution in [2.24, 2.45) is 5.92 Å². The van der Waals surface area contributed by atoms with Crippen LogP contribution < -0.4 is 9.47 Å². The molecule has 3 atom stereocenters. The molecule has 1 aromatic carbocycles. The summed E-state index contributed by atoms with van der Waals surface area (Å²) in [6.07, 6.45) is 1.99. The molecule has 2 aliphatic rings. The van der Waals surface area contributed by atoms with Gasteiger partial charge in [-0.3, -0.25) is 0 Å². The van der Waals surface area contributed by atoms with Crippen LogP contribution in [0.5, 0.6) is 11.5 Å². The van der Waals surface area contributed by atoms with Crippen LogP contribution in [0.15, 0.2) is 18.2 Å². The molecule has 2 aliphatic heterocycles. The van der Waals surface area contributed by atoms with Crippen molar-refractivity contribution < 1.29 is 19.3 Å². The van der Waals surface area contributed by atoms with Crippen molar-refractivity contribution in [3.05, 3.63) is 23.8 Å². The van der Waals surface area contributed by atoms with Crippen LogP contribution in [0.2, 0.25) is 0 Å². The first-order chi connectivity index (χ1) is 10.0. The van der Waals surface area contributed by atoms with E-state index in [1.54, 1.807) is 7.11 Å². The summed E-state index contributed by atoms with van der Waals surface area (Å²) >= 11 is 0. The van der Waals surface area contributed by atoms with Gasteiger partial charge in [-0.05, 0) is 24.1 Å². The Bertz CT molecular complexity index is 514. The fourth-order valence-electron chi connectivity index (χ4n) is 3.37. The predicted octanol–water partition coefficient (Wildman–Crippen LogP) is 3.08. The first-order valence-electron chi connectivity index (χ1n) is 7.70. The van der Waals surface area contributed by atoms with E-state index in [0.717, 1.165) is 29.9 Å². The standard InChI is InChI=1S/C17H24O4/c1-11(2)16-10-17(6-7-20-16)9-14(18)13-8-12(19-3)4-5-15(13)21-17/h4-5,8,11,14,16,18H,6-7,9-10H2,1-3H3/t14-,16?,17?/m0/s1. The third-order valence-corrected chi connectivity index (χ3v) is 4.67. The van der Waals surface area contributed by atoms with Crippen LogP contribution in [0.1, 0.15) is 44.8 Å². The van der Waals surface area contributed by atoms with Crippen LogP contribution in [0.3, 0.4) is 0 Å². The van der Waals surface area contributed by atoms with Gasteiger partial charge in [0.2, 0.25) is 0 Å². The first kappa shape index (κ1) is 14.7. The molecule has 1 spiro atoms. The number of hydrogen-bond donors (Lipinski definition) is 1. The van der Waals surface area contributed by atoms with E-state index < -0.39 is 6.10 Å². The molecule has 1 saturated heterocycles. The summed E-state index contributed by atoms with van der Waals surface area (Å²) in [4.78, 5) is 0. The van der Waals surface area contributed by atoms with Gasteiger partial charge in [-0.15, -0.1) is 0 Å². The third kappa shape index (κ3) is 2.74. The Morgan fingerprint density at radius 2 is 2.14 bits per heavy atom. The molecule has 4 heteroatoms. The van der Waals surface area contributed by atoms with Crippen molar-refractivity contribution in [1.29, 1.82) is 0 Å². The van der Waals surface area contributed by atoms with E-state index >= 15 is 0 Å². The Labute approximate surface area is 126 Å². The van der Waals surface area contributed by atoms with Gasteiger partial charge in [-0.2, -0.15) is 0 Å². The molecule has 0 radical (unpaired) electrons. The van der Waals surface area contributed by atoms with Crippen LogP contribution in [0, 0.1) is 5.92 Å². The largest absolute Gasteiger partial charge is 0.497 e. The second-order valence-electron chi connectivity index (χ2n) is 6.52. The van der Waals surface area contributed by atoms with Gasteiger partial charge in [0.15, 0.2) is 0 Å². The van der Waals surface area contributed by atoms with Crippen LogP contribution in [-0.4, -0.2) is 30.5 Å². The summed E-state index contributed by atoms with van der Waals surface area (Å²) < 4.78 is 17.4. The van der Waals surface area contributed by atoms with Crippen molar-refractivity contribution in [2.45, 2.75) is 50.9 Å². The van der Waals surface area contributed by atoms with Gasteiger partial charge < -0.3 is 19.3 Å². The average molecular weight is 292 g/mol. The molecular formula is C17H24O4. The molecule has 21 heavy (non-hydrogen) atoms. The van der Waals surface area contributed by atoms with Gasteiger partial charge in [0.1, 0.15) is 17.1 Å². The van der Waals surface area contributed by atoms with Crippen LogP contribution in [0.4, 0.5) is 0 Å². The summed E-state index contributed by atoms with van der Waals surface area (Å²) in [7, 11) is 1.63. The number of methoxy groups -OCH3 is 1. The lowest BCUT2D eigenvalue weighted by molar-refractivity contribution is -0.127. The number of ether oxygens (including phenoxy) is 3. The maximum atomic E-state index is 10.5. The van der Waals surface area contributed by atoms with Crippen LogP contribution in [0.25, 0.3) is 0 Å². The molecule has 0 saturated carbocycles. The smallest absolute Gasteiger partial charge is 0.126 e. The average Bonchev–Trinajstić information content (AvgIpc) is 2.47. The highest BCUT2D eigenvalue weighted by molar-refractivity contribution is 5.43. The topological polar surface area (TPSA) is 47.9 Å². The lowest BCUT2D eigenvalue weighted by atomic mass is 9.79. The zero-order chi connectivity index (χ0) is 15.0. The van der Waals surface area contributed by atoms with Gasteiger partial charge in [0.05, 0.1) is 25.9 Å². The Morgan fingerprint density at radius 1 is 1.33 bits per heavy atom. The summed E-state index contributed by atoms with van der Waals surface area (Å²) in [6.45, 7) is 5.03. The van der Waals surface area contributed by atoms with Crippen molar-refractivity contribution in [1.82, 2.24) is 0 Å². The highest BCUT2D eigenvalue weighted by atomic mass is 16.5. The van der Waals surface area contributed by atoms with E-state index in [4.69, 9.17) is 14.2 Å². The highest BCUT2D eigenvalue weighted by Gasteiger charge is 2.45. The molecule has 4 nitrogen and oxygen atoms in total. The van der Waals surface area contributed by atoms with E-state index in [9.17, 15) is 5.11 Å². The van der Waals surface area contributed by atoms with Crippen molar-refractivity contribution in [3.63, 3.8) is 0 Å². The second-order valence-corrected chi connectivity index (χ2v) is 6.52. The molecule has 1 aromatic rings. The quantitative estimate of drug-likeness (QED) is 0.910. The summed E-state index contributed by atoms with van der Waals surface area (Å²) in [5.74, 6) is 1.98. The molecule has 116 valence electrons. The molecule has 2 unspecified atom stereocenters. The van der Waals surface area contributed by atoms with E-state index in [1.165, 1.54) is 0 Å². The Hall–Kier alpha value is -1.26. The highest BCUT2D eigenvalue weighted by Crippen LogP contribution is 2.46. The Morgan fingerprint density at radius 3 is 2.86 bits per heavy atom. The van der Waals surface area contributed by atoms with Gasteiger partial charge in [0, 0.05) is 24.8 Å². The molecular weight excluding hydrogens is 268 g/mol. The number of benzene rings is 1. The van der Waals surface area contributed by atoms with Crippen molar-refractivity contribution in [2.75, 3.05) is 13.7 Å². The summed E-state index contributed by atoms with van der Waals surface area (Å²) in [5, 5.41) is 10.5. The van der Waals surface area contributed by atoms with Gasteiger partial charge in [-0.1, -0.05) is 13.8 Å². The van der Waals surface area contributed by atoms with Crippen molar-refractivity contribution >= 4 is 0 Å². The van der Waals surface area contributed by atoms with E-state index in [0.29, 0.717) is 18.9 Å². The van der Waals surface area contributed by atoms with Gasteiger partial charge >= 0.3 is 0 Å². The minimum absolute atomic E-state index is 0.200. The number of fused-ring (bicyclic) bond motifs is 1. The first-order valence-corrected chi connectivity index (χ1v) is 7.70. The predicted molar refractivity (Wildman–Crippen MR) is 79.7 cm³/mol. The van der Waals surface area contributed by atoms with Gasteiger partial charge in [-0.25, -0.2) is 0 Å². The number of rotatable bonds is 2. The fourth-order valence-corrected chi connectivity index (χ4v) is 3.37. The molecule has 3 rings (SSSR count). The maximum absolute atomic E-state index is 10.5. The molecule has 2 heterocycles. The van der Waals surface area contributed by atoms with Gasteiger partial charge in [0.25, 0.3) is 0 Å². The number of hydrogen-bond acceptors (Lipinski definition) is 4. The minimum Gasteiger partial charge on any atom is -0.497 e. The summed E-state index contributed by atoms with van der Waals surface area (Å²) in [5.41, 5.74) is 0.529. The van der Waals surface area contributed by atoms with Crippen molar-refractivity contribution in [3.8, 4) is 11.5 Å². The molecule has 0 amide bonds. The molecule has 1 N–H and O–H groups in total. The third-order valence-electron chi connectivity index (χ3n) is 4.67. The maximum Gasteiger partial charge on any atom is 0.126 e. The molecule has 0 aromatic heterocycles. The number of aliphatic hydroxyl groups is 1. The molecule has 0 aliphatic carbocycles. The second kappa shape index (κ2) is 5.50. The van der Waals surface area contributed by atoms with E-state index in [1.807, 2.05) is 18.2 Å². The number of aliphatic hydroxyl groups excluding tert-OH is 1. The molecule has 1 fully saturated rings. The minimum atomic E-state index is -0.505. The lowest BCUT2D eigenvalue weighted by Gasteiger charge is -2.46. The fraction of sp³-hybridized carbons (Fsp3) is 0.647. The van der Waals surface area contributed by atoms with E-state index in [2.05, 4.69) is 13.8 Å². The Balaban J connectivity index is 1.87. The molecule has 0 bridgehead atoms. The summed E-state index contributed by atoms with van der Waals surface area (Å²) in [6, 6.07) is 5.65. The van der Waals surface area contributed by atoms with Crippen LogP contribution >= 0.6 is 0 Å². The lowest BCUT2D eigenvalue weighted by Crippen LogP contribution is -2.49. The zero-order valence-corrected chi connectivity index (χ0v) is 13.0. The Kier molecular flexibility index (Phi) is 3.84.